The Hall–Kier alpha value is -4.06. The fourth-order valence-corrected chi connectivity index (χ4v) is 3.54. The molecule has 2 aromatic carbocycles. The van der Waals surface area contributed by atoms with Gasteiger partial charge in [-0.1, -0.05) is 18.2 Å². The highest BCUT2D eigenvalue weighted by molar-refractivity contribution is 5.44. The van der Waals surface area contributed by atoms with Crippen molar-refractivity contribution in [3.05, 3.63) is 96.3 Å². The summed E-state index contributed by atoms with van der Waals surface area (Å²) in [5, 5.41) is 0. The Kier molecular flexibility index (Phi) is 5.10. The van der Waals surface area contributed by atoms with Crippen LogP contribution >= 0.6 is 0 Å². The maximum absolute atomic E-state index is 6.29. The van der Waals surface area contributed by atoms with Crippen molar-refractivity contribution in [2.24, 2.45) is 0 Å². The number of anilines is 1. The van der Waals surface area contributed by atoms with Gasteiger partial charge in [-0.3, -0.25) is 0 Å². The third-order valence-corrected chi connectivity index (χ3v) is 5.05. The van der Waals surface area contributed by atoms with E-state index in [0.29, 0.717) is 17.4 Å². The Morgan fingerprint density at radius 1 is 0.839 bits per heavy atom. The van der Waals surface area contributed by atoms with Crippen LogP contribution in [0.15, 0.2) is 85.2 Å². The van der Waals surface area contributed by atoms with E-state index in [0.717, 1.165) is 41.2 Å². The Morgan fingerprint density at radius 2 is 1.71 bits per heavy atom. The number of nitrogens with zero attached hydrogens (tertiary/aromatic N) is 2. The number of hydrogen-bond donors (Lipinski definition) is 1. The Balaban J connectivity index is 1.29. The van der Waals surface area contributed by atoms with Crippen LogP contribution in [0, 0.1) is 0 Å². The van der Waals surface area contributed by atoms with Gasteiger partial charge in [0.2, 0.25) is 11.8 Å². The molecular weight excluding hydrogens is 390 g/mol. The molecule has 31 heavy (non-hydrogen) atoms. The van der Waals surface area contributed by atoms with E-state index in [1.165, 1.54) is 0 Å². The third kappa shape index (κ3) is 4.43. The van der Waals surface area contributed by atoms with Gasteiger partial charge in [0.1, 0.15) is 23.4 Å². The lowest BCUT2D eigenvalue weighted by atomic mass is 9.97. The molecule has 0 aliphatic carbocycles. The highest BCUT2D eigenvalue weighted by Crippen LogP contribution is 2.38. The van der Waals surface area contributed by atoms with Gasteiger partial charge in [-0.2, -0.15) is 0 Å². The van der Waals surface area contributed by atoms with E-state index in [-0.39, 0.29) is 6.10 Å². The minimum Gasteiger partial charge on any atom is -0.485 e. The molecule has 0 fully saturated rings. The number of nitrogen functional groups attached to an aromatic ring is 1. The van der Waals surface area contributed by atoms with Crippen LogP contribution in [-0.4, -0.2) is 9.97 Å². The van der Waals surface area contributed by atoms with Crippen LogP contribution in [-0.2, 0) is 6.42 Å². The second-order valence-electron chi connectivity index (χ2n) is 7.29. The number of fused-ring (bicyclic) bond motifs is 1. The van der Waals surface area contributed by atoms with Gasteiger partial charge in [-0.05, 0) is 66.4 Å². The normalized spacial score (nSPS) is 14.9. The lowest BCUT2D eigenvalue weighted by Gasteiger charge is -2.27. The highest BCUT2D eigenvalue weighted by atomic mass is 16.5. The van der Waals surface area contributed by atoms with Crippen LogP contribution in [0.1, 0.15) is 23.7 Å². The molecule has 1 atom stereocenters. The van der Waals surface area contributed by atoms with Gasteiger partial charge >= 0.3 is 0 Å². The summed E-state index contributed by atoms with van der Waals surface area (Å²) in [7, 11) is 0. The summed E-state index contributed by atoms with van der Waals surface area (Å²) < 4.78 is 18.0. The first-order valence-corrected chi connectivity index (χ1v) is 10.1. The van der Waals surface area contributed by atoms with Crippen molar-refractivity contribution in [1.29, 1.82) is 0 Å². The van der Waals surface area contributed by atoms with Gasteiger partial charge in [0.25, 0.3) is 0 Å². The van der Waals surface area contributed by atoms with Crippen LogP contribution in [0.5, 0.6) is 29.0 Å². The lowest BCUT2D eigenvalue weighted by molar-refractivity contribution is 0.176. The van der Waals surface area contributed by atoms with Gasteiger partial charge in [0.15, 0.2) is 0 Å². The SMILES string of the molecule is Nc1ccc(Oc2ccc3c(c2)CCC(c2cccc(Oc4ccccn4)c2)O3)nc1. The van der Waals surface area contributed by atoms with Crippen molar-refractivity contribution < 1.29 is 14.2 Å². The van der Waals surface area contributed by atoms with Crippen LogP contribution in [0.25, 0.3) is 0 Å². The molecule has 2 aromatic heterocycles. The number of nitrogens with two attached hydrogens (primary N) is 1. The molecule has 0 radical (unpaired) electrons. The van der Waals surface area contributed by atoms with Crippen molar-refractivity contribution in [1.82, 2.24) is 9.97 Å². The molecule has 1 aliphatic rings. The largest absolute Gasteiger partial charge is 0.485 e. The molecular formula is C25H21N3O3. The zero-order chi connectivity index (χ0) is 21.0. The molecule has 2 N–H and O–H groups in total. The van der Waals surface area contributed by atoms with E-state index >= 15 is 0 Å². The van der Waals surface area contributed by atoms with Crippen LogP contribution in [0.3, 0.4) is 0 Å². The van der Waals surface area contributed by atoms with E-state index in [1.54, 1.807) is 24.5 Å². The Bertz CT molecular complexity index is 1180. The summed E-state index contributed by atoms with van der Waals surface area (Å²) in [5.74, 6) is 3.41. The van der Waals surface area contributed by atoms with Gasteiger partial charge in [0, 0.05) is 18.3 Å². The molecule has 0 saturated heterocycles. The third-order valence-electron chi connectivity index (χ3n) is 5.05. The number of pyridine rings is 2. The molecule has 0 saturated carbocycles. The number of hydrogen-bond acceptors (Lipinski definition) is 6. The van der Waals surface area contributed by atoms with Crippen molar-refractivity contribution >= 4 is 5.69 Å². The lowest BCUT2D eigenvalue weighted by Crippen LogP contribution is -2.15. The van der Waals surface area contributed by atoms with Crippen molar-refractivity contribution in [2.45, 2.75) is 18.9 Å². The fraction of sp³-hybridized carbons (Fsp3) is 0.120. The van der Waals surface area contributed by atoms with Crippen molar-refractivity contribution in [3.63, 3.8) is 0 Å². The average Bonchev–Trinajstić information content (AvgIpc) is 2.81. The zero-order valence-corrected chi connectivity index (χ0v) is 16.8. The Labute approximate surface area is 180 Å². The summed E-state index contributed by atoms with van der Waals surface area (Å²) in [6.45, 7) is 0. The summed E-state index contributed by atoms with van der Waals surface area (Å²) in [5.41, 5.74) is 8.47. The summed E-state index contributed by atoms with van der Waals surface area (Å²) in [6.07, 6.45) is 5.00. The van der Waals surface area contributed by atoms with Crippen LogP contribution in [0.4, 0.5) is 5.69 Å². The Morgan fingerprint density at radius 3 is 2.52 bits per heavy atom. The van der Waals surface area contributed by atoms with Gasteiger partial charge in [0.05, 0.1) is 11.9 Å². The second-order valence-corrected chi connectivity index (χ2v) is 7.29. The van der Waals surface area contributed by atoms with E-state index < -0.39 is 0 Å². The monoisotopic (exact) mass is 411 g/mol. The van der Waals surface area contributed by atoms with Gasteiger partial charge in [-0.15, -0.1) is 0 Å². The number of ether oxygens (including phenoxy) is 3. The average molecular weight is 411 g/mol. The van der Waals surface area contributed by atoms with E-state index in [4.69, 9.17) is 19.9 Å². The number of benzene rings is 2. The number of aromatic nitrogens is 2. The van der Waals surface area contributed by atoms with Crippen LogP contribution < -0.4 is 19.9 Å². The van der Waals surface area contributed by atoms with Crippen molar-refractivity contribution in [2.75, 3.05) is 5.73 Å². The zero-order valence-electron chi connectivity index (χ0n) is 16.8. The highest BCUT2D eigenvalue weighted by Gasteiger charge is 2.22. The number of aryl methyl sites for hydroxylation is 1. The fourth-order valence-electron chi connectivity index (χ4n) is 3.54. The van der Waals surface area contributed by atoms with Crippen molar-refractivity contribution in [3.8, 4) is 29.0 Å². The molecule has 4 aromatic rings. The second kappa shape index (κ2) is 8.36. The molecule has 5 rings (SSSR count). The molecule has 0 spiro atoms. The standard InChI is InChI=1S/C25H21N3O3/c26-19-8-12-25(28-16-19)30-21-9-11-23-18(15-21)7-10-22(31-23)17-4-3-5-20(14-17)29-24-6-1-2-13-27-24/h1-6,8-9,11-16,22H,7,10,26H2. The number of rotatable bonds is 5. The van der Waals surface area contributed by atoms with Gasteiger partial charge in [-0.25, -0.2) is 9.97 Å². The summed E-state index contributed by atoms with van der Waals surface area (Å²) in [6, 6.07) is 22.9. The summed E-state index contributed by atoms with van der Waals surface area (Å²) in [4.78, 5) is 8.39. The predicted molar refractivity (Wildman–Crippen MR) is 118 cm³/mol. The summed E-state index contributed by atoms with van der Waals surface area (Å²) >= 11 is 0. The molecule has 6 heteroatoms. The smallest absolute Gasteiger partial charge is 0.219 e. The molecule has 0 bridgehead atoms. The minimum atomic E-state index is -0.0367. The molecule has 3 heterocycles. The van der Waals surface area contributed by atoms with E-state index in [2.05, 4.69) is 16.0 Å². The first-order chi connectivity index (χ1) is 15.2. The molecule has 6 nitrogen and oxygen atoms in total. The quantitative estimate of drug-likeness (QED) is 0.453. The van der Waals surface area contributed by atoms with E-state index in [9.17, 15) is 0 Å². The minimum absolute atomic E-state index is 0.0367. The first kappa shape index (κ1) is 18.9. The first-order valence-electron chi connectivity index (χ1n) is 10.1. The molecule has 1 unspecified atom stereocenters. The van der Waals surface area contributed by atoms with E-state index in [1.807, 2.05) is 54.6 Å². The maximum atomic E-state index is 6.29. The van der Waals surface area contributed by atoms with Crippen LogP contribution in [0.2, 0.25) is 0 Å². The molecule has 1 aliphatic heterocycles. The maximum Gasteiger partial charge on any atom is 0.219 e. The molecule has 0 amide bonds. The topological polar surface area (TPSA) is 79.5 Å². The van der Waals surface area contributed by atoms with Gasteiger partial charge < -0.3 is 19.9 Å². The molecule has 154 valence electrons. The predicted octanol–water partition coefficient (Wildman–Crippen LogP) is 5.71.